The van der Waals surface area contributed by atoms with Gasteiger partial charge in [0.1, 0.15) is 11.6 Å². The fourth-order valence-corrected chi connectivity index (χ4v) is 1.89. The van der Waals surface area contributed by atoms with Gasteiger partial charge >= 0.3 is 5.97 Å². The van der Waals surface area contributed by atoms with Crippen molar-refractivity contribution in [2.45, 2.75) is 6.92 Å². The Morgan fingerprint density at radius 2 is 1.76 bits per heavy atom. The molecule has 0 saturated carbocycles. The fourth-order valence-electron chi connectivity index (χ4n) is 1.89. The third-order valence-corrected chi connectivity index (χ3v) is 2.89. The Morgan fingerprint density at radius 3 is 2.29 bits per heavy atom. The van der Waals surface area contributed by atoms with Gasteiger partial charge in [0.05, 0.1) is 12.2 Å². The van der Waals surface area contributed by atoms with Crippen molar-refractivity contribution in [2.24, 2.45) is 0 Å². The van der Waals surface area contributed by atoms with Crippen molar-refractivity contribution in [1.29, 1.82) is 0 Å². The second kappa shape index (κ2) is 6.70. The van der Waals surface area contributed by atoms with Crippen LogP contribution in [0.5, 0.6) is 5.75 Å². The highest BCUT2D eigenvalue weighted by molar-refractivity contribution is 6.20. The van der Waals surface area contributed by atoms with Crippen LogP contribution in [-0.2, 0) is 4.79 Å². The van der Waals surface area contributed by atoms with Gasteiger partial charge in [0, 0.05) is 0 Å². The summed E-state index contributed by atoms with van der Waals surface area (Å²) in [5.74, 6) is -0.728. The number of hydrogen-bond donors (Lipinski definition) is 1. The van der Waals surface area contributed by atoms with Crippen LogP contribution in [0.15, 0.2) is 48.5 Å². The zero-order valence-corrected chi connectivity index (χ0v) is 11.5. The standard InChI is InChI=1S/C17H15FO3/c1-2-21-15-9-3-12(4-10-15)11-16(17(19)20)13-5-7-14(18)8-6-13/h3-11H,2H2,1H3,(H,19,20)/b16-11-. The zero-order valence-electron chi connectivity index (χ0n) is 11.5. The quantitative estimate of drug-likeness (QED) is 0.671. The van der Waals surface area contributed by atoms with Crippen LogP contribution >= 0.6 is 0 Å². The van der Waals surface area contributed by atoms with E-state index in [1.54, 1.807) is 30.3 Å². The van der Waals surface area contributed by atoms with E-state index in [1.165, 1.54) is 24.3 Å². The normalized spacial score (nSPS) is 11.2. The minimum atomic E-state index is -1.06. The van der Waals surface area contributed by atoms with Gasteiger partial charge in [-0.15, -0.1) is 0 Å². The summed E-state index contributed by atoms with van der Waals surface area (Å²) in [5.41, 5.74) is 1.30. The summed E-state index contributed by atoms with van der Waals surface area (Å²) < 4.78 is 18.2. The summed E-state index contributed by atoms with van der Waals surface area (Å²) in [6, 6.07) is 12.5. The Bertz CT molecular complexity index is 643. The van der Waals surface area contributed by atoms with E-state index in [-0.39, 0.29) is 5.57 Å². The van der Waals surface area contributed by atoms with Crippen molar-refractivity contribution in [3.8, 4) is 5.75 Å². The van der Waals surface area contributed by atoms with Crippen LogP contribution in [0, 0.1) is 5.82 Å². The predicted molar refractivity (Wildman–Crippen MR) is 79.5 cm³/mol. The highest BCUT2D eigenvalue weighted by atomic mass is 19.1. The van der Waals surface area contributed by atoms with Crippen LogP contribution in [0.3, 0.4) is 0 Å². The monoisotopic (exact) mass is 286 g/mol. The molecule has 0 fully saturated rings. The number of rotatable bonds is 5. The van der Waals surface area contributed by atoms with Gasteiger partial charge in [0.25, 0.3) is 0 Å². The second-order valence-corrected chi connectivity index (χ2v) is 4.37. The molecule has 0 aliphatic carbocycles. The molecule has 0 aliphatic rings. The van der Waals surface area contributed by atoms with Crippen molar-refractivity contribution >= 4 is 17.6 Å². The third-order valence-electron chi connectivity index (χ3n) is 2.89. The zero-order chi connectivity index (χ0) is 15.2. The molecule has 0 aliphatic heterocycles. The number of hydrogen-bond acceptors (Lipinski definition) is 2. The van der Waals surface area contributed by atoms with Gasteiger partial charge in [-0.2, -0.15) is 0 Å². The molecule has 1 N–H and O–H groups in total. The van der Waals surface area contributed by atoms with E-state index in [2.05, 4.69) is 0 Å². The summed E-state index contributed by atoms with van der Waals surface area (Å²) in [6.45, 7) is 2.47. The van der Waals surface area contributed by atoms with Crippen LogP contribution in [-0.4, -0.2) is 17.7 Å². The lowest BCUT2D eigenvalue weighted by Crippen LogP contribution is -1.99. The Morgan fingerprint density at radius 1 is 1.14 bits per heavy atom. The molecule has 0 unspecified atom stereocenters. The van der Waals surface area contributed by atoms with Gasteiger partial charge < -0.3 is 9.84 Å². The average Bonchev–Trinajstić information content (AvgIpc) is 2.47. The summed E-state index contributed by atoms with van der Waals surface area (Å²) in [4.78, 5) is 11.4. The molecule has 2 rings (SSSR count). The maximum atomic E-state index is 12.9. The molecular weight excluding hydrogens is 271 g/mol. The molecule has 0 bridgehead atoms. The van der Waals surface area contributed by atoms with Gasteiger partial charge in [0.2, 0.25) is 0 Å². The number of carboxylic acid groups (broad SMARTS) is 1. The molecule has 0 radical (unpaired) electrons. The first-order chi connectivity index (χ1) is 10.1. The van der Waals surface area contributed by atoms with Crippen LogP contribution in [0.4, 0.5) is 4.39 Å². The van der Waals surface area contributed by atoms with E-state index >= 15 is 0 Å². The first kappa shape index (κ1) is 14.8. The van der Waals surface area contributed by atoms with Crippen molar-refractivity contribution in [3.63, 3.8) is 0 Å². The smallest absolute Gasteiger partial charge is 0.336 e. The first-order valence-electron chi connectivity index (χ1n) is 6.54. The fraction of sp³-hybridized carbons (Fsp3) is 0.118. The third kappa shape index (κ3) is 3.92. The number of halogens is 1. The van der Waals surface area contributed by atoms with Gasteiger partial charge in [-0.05, 0) is 48.4 Å². The van der Waals surface area contributed by atoms with E-state index in [1.807, 2.05) is 6.92 Å². The van der Waals surface area contributed by atoms with E-state index in [4.69, 9.17) is 4.74 Å². The molecule has 0 heterocycles. The SMILES string of the molecule is CCOc1ccc(/C=C(\C(=O)O)c2ccc(F)cc2)cc1. The van der Waals surface area contributed by atoms with Crippen molar-refractivity contribution in [1.82, 2.24) is 0 Å². The number of carboxylic acids is 1. The van der Waals surface area contributed by atoms with Crippen LogP contribution in [0.1, 0.15) is 18.1 Å². The Labute approximate surface area is 122 Å². The first-order valence-corrected chi connectivity index (χ1v) is 6.54. The van der Waals surface area contributed by atoms with Gasteiger partial charge in [-0.25, -0.2) is 9.18 Å². The van der Waals surface area contributed by atoms with Gasteiger partial charge in [0.15, 0.2) is 0 Å². The number of ether oxygens (including phenoxy) is 1. The van der Waals surface area contributed by atoms with Crippen LogP contribution in [0.2, 0.25) is 0 Å². The largest absolute Gasteiger partial charge is 0.494 e. The number of aliphatic carboxylic acids is 1. The van der Waals surface area contributed by atoms with Gasteiger partial charge in [-0.3, -0.25) is 0 Å². The summed E-state index contributed by atoms with van der Waals surface area (Å²) in [6.07, 6.45) is 1.55. The lowest BCUT2D eigenvalue weighted by atomic mass is 10.0. The maximum Gasteiger partial charge on any atom is 0.336 e. The van der Waals surface area contributed by atoms with Crippen LogP contribution < -0.4 is 4.74 Å². The summed E-state index contributed by atoms with van der Waals surface area (Å²) in [5, 5.41) is 9.31. The number of benzene rings is 2. The molecule has 0 spiro atoms. The summed E-state index contributed by atoms with van der Waals surface area (Å²) in [7, 11) is 0. The van der Waals surface area contributed by atoms with Crippen LogP contribution in [0.25, 0.3) is 11.6 Å². The van der Waals surface area contributed by atoms with E-state index in [0.717, 1.165) is 11.3 Å². The molecule has 0 saturated heterocycles. The average molecular weight is 286 g/mol. The predicted octanol–water partition coefficient (Wildman–Crippen LogP) is 3.85. The molecule has 2 aromatic rings. The Balaban J connectivity index is 2.33. The highest BCUT2D eigenvalue weighted by Gasteiger charge is 2.10. The van der Waals surface area contributed by atoms with E-state index in [0.29, 0.717) is 12.2 Å². The second-order valence-electron chi connectivity index (χ2n) is 4.37. The van der Waals surface area contributed by atoms with Gasteiger partial charge in [-0.1, -0.05) is 24.3 Å². The topological polar surface area (TPSA) is 46.5 Å². The molecular formula is C17H15FO3. The highest BCUT2D eigenvalue weighted by Crippen LogP contribution is 2.21. The number of carbonyl (C=O) groups is 1. The maximum absolute atomic E-state index is 12.9. The molecule has 4 heteroatoms. The Hall–Kier alpha value is -2.62. The molecule has 3 nitrogen and oxygen atoms in total. The minimum Gasteiger partial charge on any atom is -0.494 e. The van der Waals surface area contributed by atoms with E-state index in [9.17, 15) is 14.3 Å². The molecule has 108 valence electrons. The molecule has 0 amide bonds. The lowest BCUT2D eigenvalue weighted by molar-refractivity contribution is -0.130. The molecule has 0 atom stereocenters. The van der Waals surface area contributed by atoms with E-state index < -0.39 is 11.8 Å². The Kier molecular flexibility index (Phi) is 4.72. The van der Waals surface area contributed by atoms with Crippen molar-refractivity contribution < 1.29 is 19.0 Å². The lowest BCUT2D eigenvalue weighted by Gasteiger charge is -2.05. The minimum absolute atomic E-state index is 0.110. The molecule has 21 heavy (non-hydrogen) atoms. The summed E-state index contributed by atoms with van der Waals surface area (Å²) >= 11 is 0. The molecule has 2 aromatic carbocycles. The van der Waals surface area contributed by atoms with Crippen molar-refractivity contribution in [3.05, 3.63) is 65.5 Å². The molecule has 0 aromatic heterocycles. The van der Waals surface area contributed by atoms with Crippen molar-refractivity contribution in [2.75, 3.05) is 6.61 Å².